The van der Waals surface area contributed by atoms with Crippen molar-refractivity contribution in [2.45, 2.75) is 58.2 Å². The first-order valence-electron chi connectivity index (χ1n) is 13.0. The molecule has 0 amide bonds. The fraction of sp³-hybridized carbons (Fsp3) is 0.429. The molecule has 0 saturated carbocycles. The highest BCUT2D eigenvalue weighted by Gasteiger charge is 2.25. The summed E-state index contributed by atoms with van der Waals surface area (Å²) in [6, 6.07) is 4.76. The summed E-state index contributed by atoms with van der Waals surface area (Å²) in [6.07, 6.45) is 5.60. The van der Waals surface area contributed by atoms with Gasteiger partial charge in [-0.25, -0.2) is 23.7 Å². The molecule has 202 valence electrons. The summed E-state index contributed by atoms with van der Waals surface area (Å²) in [4.78, 5) is 29.0. The zero-order valence-electron chi connectivity index (χ0n) is 22.4. The van der Waals surface area contributed by atoms with Gasteiger partial charge in [0.1, 0.15) is 22.8 Å². The molecule has 0 bridgehead atoms. The number of nitrogens with zero attached hydrogens (tertiary/aromatic N) is 3. The lowest BCUT2D eigenvalue weighted by Crippen LogP contribution is -2.31. The molecule has 0 spiro atoms. The maximum Gasteiger partial charge on any atom is 0.256 e. The van der Waals surface area contributed by atoms with E-state index in [9.17, 15) is 4.79 Å². The van der Waals surface area contributed by atoms with E-state index >= 15 is 8.78 Å². The van der Waals surface area contributed by atoms with Crippen molar-refractivity contribution in [1.82, 2.24) is 25.3 Å². The maximum atomic E-state index is 16.2. The van der Waals surface area contributed by atoms with Gasteiger partial charge in [0, 0.05) is 25.3 Å². The van der Waals surface area contributed by atoms with E-state index in [0.29, 0.717) is 58.9 Å². The molecule has 0 aliphatic carbocycles. The Labute approximate surface area is 225 Å². The van der Waals surface area contributed by atoms with Crippen molar-refractivity contribution in [3.8, 4) is 11.3 Å². The van der Waals surface area contributed by atoms with Crippen LogP contribution in [0.2, 0.25) is 0 Å². The van der Waals surface area contributed by atoms with Crippen molar-refractivity contribution >= 4 is 39.3 Å². The van der Waals surface area contributed by atoms with Gasteiger partial charge in [-0.2, -0.15) is 0 Å². The smallest absolute Gasteiger partial charge is 0.256 e. The molecule has 3 heterocycles. The first-order valence-corrected chi connectivity index (χ1v) is 14.2. The second-order valence-corrected chi connectivity index (χ2v) is 10.6. The van der Waals surface area contributed by atoms with Gasteiger partial charge in [0.2, 0.25) is 0 Å². The number of aromatic amines is 1. The van der Waals surface area contributed by atoms with Crippen LogP contribution in [0.15, 0.2) is 34.3 Å². The molecule has 7 nitrogen and oxygen atoms in total. The van der Waals surface area contributed by atoms with Crippen LogP contribution in [-0.2, 0) is 6.42 Å². The molecule has 4 rings (SSSR count). The number of H-pyrrole nitrogens is 1. The van der Waals surface area contributed by atoms with Crippen LogP contribution in [0.4, 0.5) is 14.6 Å². The lowest BCUT2D eigenvalue weighted by atomic mass is 10.00. The van der Waals surface area contributed by atoms with Crippen LogP contribution in [0, 0.1) is 17.6 Å². The molecule has 38 heavy (non-hydrogen) atoms. The number of rotatable bonds is 11. The number of benzene rings is 1. The number of thioether (sulfide) groups is 1. The van der Waals surface area contributed by atoms with Crippen molar-refractivity contribution < 1.29 is 8.78 Å². The van der Waals surface area contributed by atoms with Crippen LogP contribution in [0.1, 0.15) is 46.2 Å². The number of hydrogen-bond acceptors (Lipinski definition) is 7. The monoisotopic (exact) mass is 540 g/mol. The molecule has 4 aromatic rings. The molecule has 1 unspecified atom stereocenters. The van der Waals surface area contributed by atoms with E-state index in [1.165, 1.54) is 30.1 Å². The topological polar surface area (TPSA) is 95.6 Å². The summed E-state index contributed by atoms with van der Waals surface area (Å²) >= 11 is 1.29. The summed E-state index contributed by atoms with van der Waals surface area (Å²) in [6.45, 7) is 9.81. The van der Waals surface area contributed by atoms with E-state index in [4.69, 9.17) is 0 Å². The van der Waals surface area contributed by atoms with Crippen molar-refractivity contribution in [1.29, 1.82) is 0 Å². The summed E-state index contributed by atoms with van der Waals surface area (Å²) in [5.41, 5.74) is -0.279. The van der Waals surface area contributed by atoms with Gasteiger partial charge in [0.25, 0.3) is 5.56 Å². The van der Waals surface area contributed by atoms with Gasteiger partial charge in [-0.05, 0) is 49.5 Å². The number of fused-ring (bicyclic) bond motifs is 2. The Morgan fingerprint density at radius 2 is 1.84 bits per heavy atom. The first-order chi connectivity index (χ1) is 18.2. The standard InChI is InChI=1S/C28H34F2N6OS/c1-6-7-19-22-25(35-28(38-5)36-26(22)32-13-12-31-16(4)14-15(2)3)23(30)24(34-19)21-18(29)9-8-17-10-11-33-27(37)20(17)21/h8-11,15-16,31H,6-7,12-14H2,1-5H3,(H,33,37)(H,32,35,36). The highest BCUT2D eigenvalue weighted by molar-refractivity contribution is 7.98. The van der Waals surface area contributed by atoms with E-state index in [1.807, 2.05) is 13.2 Å². The molecule has 0 saturated heterocycles. The molecular weight excluding hydrogens is 506 g/mol. The Bertz CT molecular complexity index is 1510. The predicted octanol–water partition coefficient (Wildman–Crippen LogP) is 5.92. The van der Waals surface area contributed by atoms with E-state index < -0.39 is 17.2 Å². The van der Waals surface area contributed by atoms with Crippen molar-refractivity contribution in [2.24, 2.45) is 5.92 Å². The normalized spacial score (nSPS) is 12.5. The van der Waals surface area contributed by atoms with E-state index in [0.717, 1.165) is 12.8 Å². The van der Waals surface area contributed by atoms with Crippen LogP contribution in [0.25, 0.3) is 32.9 Å². The third-order valence-electron chi connectivity index (χ3n) is 6.37. The van der Waals surface area contributed by atoms with E-state index in [-0.39, 0.29) is 22.2 Å². The number of anilines is 1. The quantitative estimate of drug-likeness (QED) is 0.123. The molecule has 0 radical (unpaired) electrons. The van der Waals surface area contributed by atoms with E-state index in [1.54, 1.807) is 6.07 Å². The fourth-order valence-electron chi connectivity index (χ4n) is 4.80. The van der Waals surface area contributed by atoms with Gasteiger partial charge in [-0.3, -0.25) is 4.79 Å². The minimum atomic E-state index is -0.779. The SMILES string of the molecule is CCCc1nc(-c2c(F)ccc3cc[nH]c(=O)c23)c(F)c2nc(SC)nc(NCCNC(C)CC(C)C)c12. The van der Waals surface area contributed by atoms with Gasteiger partial charge >= 0.3 is 0 Å². The Kier molecular flexibility index (Phi) is 8.94. The molecule has 0 aliphatic heterocycles. The number of aryl methyl sites for hydroxylation is 1. The van der Waals surface area contributed by atoms with Crippen LogP contribution >= 0.6 is 11.8 Å². The lowest BCUT2D eigenvalue weighted by molar-refractivity contribution is 0.448. The Balaban J connectivity index is 1.85. The van der Waals surface area contributed by atoms with Crippen molar-refractivity contribution in [3.63, 3.8) is 0 Å². The average Bonchev–Trinajstić information content (AvgIpc) is 2.88. The minimum Gasteiger partial charge on any atom is -0.368 e. The van der Waals surface area contributed by atoms with Gasteiger partial charge in [0.05, 0.1) is 22.0 Å². The van der Waals surface area contributed by atoms with Crippen LogP contribution in [-0.4, -0.2) is 45.3 Å². The van der Waals surface area contributed by atoms with Gasteiger partial charge in [-0.1, -0.05) is 45.0 Å². The Hall–Kier alpha value is -3.11. The highest BCUT2D eigenvalue weighted by atomic mass is 32.2. The van der Waals surface area contributed by atoms with Crippen LogP contribution in [0.5, 0.6) is 0 Å². The van der Waals surface area contributed by atoms with Crippen molar-refractivity contribution in [2.75, 3.05) is 24.7 Å². The zero-order chi connectivity index (χ0) is 27.4. The third kappa shape index (κ3) is 5.81. The number of aromatic nitrogens is 4. The first kappa shape index (κ1) is 27.9. The average molecular weight is 541 g/mol. The maximum absolute atomic E-state index is 16.2. The molecular formula is C28H34F2N6OS. The van der Waals surface area contributed by atoms with Gasteiger partial charge in [-0.15, -0.1) is 0 Å². The summed E-state index contributed by atoms with van der Waals surface area (Å²) in [5, 5.41) is 8.26. The van der Waals surface area contributed by atoms with Crippen LogP contribution in [0.3, 0.4) is 0 Å². The summed E-state index contributed by atoms with van der Waals surface area (Å²) in [7, 11) is 0. The van der Waals surface area contributed by atoms with Gasteiger partial charge < -0.3 is 15.6 Å². The van der Waals surface area contributed by atoms with Crippen molar-refractivity contribution in [3.05, 3.63) is 52.1 Å². The minimum absolute atomic E-state index is 0.0554. The van der Waals surface area contributed by atoms with E-state index in [2.05, 4.69) is 51.3 Å². The number of hydrogen-bond donors (Lipinski definition) is 3. The number of halogens is 2. The Morgan fingerprint density at radius 3 is 2.55 bits per heavy atom. The summed E-state index contributed by atoms with van der Waals surface area (Å²) < 4.78 is 31.5. The number of pyridine rings is 2. The molecule has 3 N–H and O–H groups in total. The molecule has 0 aliphatic rings. The predicted molar refractivity (Wildman–Crippen MR) is 152 cm³/mol. The largest absolute Gasteiger partial charge is 0.368 e. The van der Waals surface area contributed by atoms with Crippen LogP contribution < -0.4 is 16.2 Å². The molecule has 10 heteroatoms. The fourth-order valence-corrected chi connectivity index (χ4v) is 5.17. The summed E-state index contributed by atoms with van der Waals surface area (Å²) in [5.74, 6) is -0.405. The number of nitrogens with one attached hydrogen (secondary N) is 3. The highest BCUT2D eigenvalue weighted by Crippen LogP contribution is 2.36. The van der Waals surface area contributed by atoms with Gasteiger partial charge in [0.15, 0.2) is 11.0 Å². The second kappa shape index (κ2) is 12.2. The second-order valence-electron chi connectivity index (χ2n) is 9.86. The molecule has 0 fully saturated rings. The molecule has 1 aromatic carbocycles. The third-order valence-corrected chi connectivity index (χ3v) is 6.92. The Morgan fingerprint density at radius 1 is 1.05 bits per heavy atom. The molecule has 3 aromatic heterocycles. The lowest BCUT2D eigenvalue weighted by Gasteiger charge is -2.18. The zero-order valence-corrected chi connectivity index (χ0v) is 23.2. The molecule has 1 atom stereocenters.